The smallest absolute Gasteiger partial charge is 0.244 e. The number of carbonyl (C=O) groups is 2. The summed E-state index contributed by atoms with van der Waals surface area (Å²) in [6, 6.07) is 20.3. The van der Waals surface area contributed by atoms with Crippen LogP contribution in [-0.2, 0) is 32.6 Å². The highest BCUT2D eigenvalue weighted by Gasteiger charge is 2.33. The van der Waals surface area contributed by atoms with Crippen LogP contribution >= 0.6 is 23.2 Å². The molecule has 39 heavy (non-hydrogen) atoms. The van der Waals surface area contributed by atoms with Crippen LogP contribution in [0.5, 0.6) is 0 Å². The van der Waals surface area contributed by atoms with Crippen LogP contribution in [0.4, 0.5) is 5.69 Å². The van der Waals surface area contributed by atoms with Crippen LogP contribution in [-0.4, -0.2) is 50.0 Å². The Bertz CT molecular complexity index is 1400. The number of hydrogen-bond acceptors (Lipinski definition) is 4. The Hall–Kier alpha value is -3.07. The summed E-state index contributed by atoms with van der Waals surface area (Å²) in [5, 5.41) is 3.34. The second-order valence-corrected chi connectivity index (χ2v) is 12.5. The van der Waals surface area contributed by atoms with Gasteiger partial charge in [-0.25, -0.2) is 8.42 Å². The highest BCUT2D eigenvalue weighted by atomic mass is 35.5. The molecule has 0 aromatic heterocycles. The van der Waals surface area contributed by atoms with Gasteiger partial charge in [0.1, 0.15) is 12.6 Å². The molecule has 0 aliphatic rings. The van der Waals surface area contributed by atoms with E-state index in [0.717, 1.165) is 27.3 Å². The Morgan fingerprint density at radius 2 is 1.54 bits per heavy atom. The Balaban J connectivity index is 2.06. The minimum atomic E-state index is -3.89. The zero-order valence-electron chi connectivity index (χ0n) is 22.4. The van der Waals surface area contributed by atoms with Crippen molar-refractivity contribution < 1.29 is 18.0 Å². The van der Waals surface area contributed by atoms with E-state index >= 15 is 0 Å². The number of rotatable bonds is 11. The van der Waals surface area contributed by atoms with Crippen LogP contribution < -0.4 is 9.62 Å². The summed E-state index contributed by atoms with van der Waals surface area (Å²) in [4.78, 5) is 29.0. The summed E-state index contributed by atoms with van der Waals surface area (Å²) in [6.07, 6.45) is 1.27. The number of amides is 2. The molecule has 0 unspecified atom stereocenters. The molecule has 1 atom stereocenters. The van der Waals surface area contributed by atoms with Gasteiger partial charge in [-0.15, -0.1) is 0 Å². The van der Waals surface area contributed by atoms with Crippen molar-refractivity contribution >= 4 is 50.7 Å². The van der Waals surface area contributed by atoms with E-state index in [-0.39, 0.29) is 40.6 Å². The molecule has 3 rings (SSSR count). The SMILES string of the molecule is Cc1ccc(CN(C(=O)CN(c2ccc(Cl)c(Cl)c2)S(C)(=O)=O)[C@@H](Cc2ccccc2)C(=O)NC(C)C)cc1. The van der Waals surface area contributed by atoms with Gasteiger partial charge < -0.3 is 10.2 Å². The van der Waals surface area contributed by atoms with Gasteiger partial charge in [0.25, 0.3) is 0 Å². The molecule has 0 spiro atoms. The second-order valence-electron chi connectivity index (χ2n) is 9.74. The van der Waals surface area contributed by atoms with Crippen LogP contribution in [0.2, 0.25) is 10.0 Å². The molecule has 0 saturated carbocycles. The van der Waals surface area contributed by atoms with Crippen molar-refractivity contribution in [3.8, 4) is 0 Å². The average molecular weight is 591 g/mol. The van der Waals surface area contributed by atoms with E-state index in [0.29, 0.717) is 0 Å². The molecule has 0 heterocycles. The molecular weight excluding hydrogens is 557 g/mol. The van der Waals surface area contributed by atoms with Crippen molar-refractivity contribution in [2.45, 2.75) is 45.8 Å². The first-order chi connectivity index (χ1) is 18.3. The molecular formula is C29H33Cl2N3O4S. The zero-order valence-corrected chi connectivity index (χ0v) is 24.7. The topological polar surface area (TPSA) is 86.8 Å². The Morgan fingerprint density at radius 1 is 0.897 bits per heavy atom. The number of anilines is 1. The lowest BCUT2D eigenvalue weighted by molar-refractivity contribution is -0.140. The van der Waals surface area contributed by atoms with E-state index in [1.807, 2.05) is 75.4 Å². The summed E-state index contributed by atoms with van der Waals surface area (Å²) < 4.78 is 26.6. The summed E-state index contributed by atoms with van der Waals surface area (Å²) in [6.45, 7) is 5.24. The zero-order chi connectivity index (χ0) is 28.7. The predicted octanol–water partition coefficient (Wildman–Crippen LogP) is 5.23. The number of carbonyl (C=O) groups excluding carboxylic acids is 2. The lowest BCUT2D eigenvalue weighted by Gasteiger charge is -2.34. The molecule has 0 aliphatic carbocycles. The maximum atomic E-state index is 14.0. The van der Waals surface area contributed by atoms with Crippen molar-refractivity contribution in [3.63, 3.8) is 0 Å². The number of nitrogens with zero attached hydrogens (tertiary/aromatic N) is 2. The third-order valence-electron chi connectivity index (χ3n) is 6.05. The summed E-state index contributed by atoms with van der Waals surface area (Å²) in [5.41, 5.74) is 2.93. The van der Waals surface area contributed by atoms with Gasteiger partial charge in [0.2, 0.25) is 21.8 Å². The highest BCUT2D eigenvalue weighted by Crippen LogP contribution is 2.29. The van der Waals surface area contributed by atoms with Crippen molar-refractivity contribution in [2.24, 2.45) is 0 Å². The van der Waals surface area contributed by atoms with Crippen LogP contribution in [0.3, 0.4) is 0 Å². The fourth-order valence-electron chi connectivity index (χ4n) is 4.08. The molecule has 0 radical (unpaired) electrons. The van der Waals surface area contributed by atoms with Gasteiger partial charge in [0.15, 0.2) is 0 Å². The van der Waals surface area contributed by atoms with E-state index in [4.69, 9.17) is 23.2 Å². The van der Waals surface area contributed by atoms with E-state index in [1.54, 1.807) is 0 Å². The molecule has 0 bridgehead atoms. The van der Waals surface area contributed by atoms with E-state index in [9.17, 15) is 18.0 Å². The normalized spacial score (nSPS) is 12.2. The fraction of sp³-hybridized carbons (Fsp3) is 0.310. The lowest BCUT2D eigenvalue weighted by Crippen LogP contribution is -2.54. The van der Waals surface area contributed by atoms with Crippen molar-refractivity contribution in [1.82, 2.24) is 10.2 Å². The Labute approximate surface area is 240 Å². The van der Waals surface area contributed by atoms with E-state index in [2.05, 4.69) is 5.32 Å². The third-order valence-corrected chi connectivity index (χ3v) is 7.93. The Morgan fingerprint density at radius 3 is 2.10 bits per heavy atom. The van der Waals surface area contributed by atoms with E-state index in [1.165, 1.54) is 23.1 Å². The van der Waals surface area contributed by atoms with Gasteiger partial charge in [-0.3, -0.25) is 13.9 Å². The molecule has 10 heteroatoms. The maximum Gasteiger partial charge on any atom is 0.244 e. The molecule has 2 amide bonds. The maximum absolute atomic E-state index is 14.0. The summed E-state index contributed by atoms with van der Waals surface area (Å²) in [7, 11) is -3.89. The Kier molecular flexibility index (Phi) is 10.4. The second kappa shape index (κ2) is 13.3. The number of nitrogens with one attached hydrogen (secondary N) is 1. The van der Waals surface area contributed by atoms with Gasteiger partial charge in [0.05, 0.1) is 22.0 Å². The molecule has 3 aromatic carbocycles. The number of sulfonamides is 1. The van der Waals surface area contributed by atoms with Gasteiger partial charge in [-0.1, -0.05) is 83.4 Å². The largest absolute Gasteiger partial charge is 0.352 e. The van der Waals surface area contributed by atoms with Gasteiger partial charge in [-0.2, -0.15) is 0 Å². The van der Waals surface area contributed by atoms with Crippen molar-refractivity contribution in [3.05, 3.63) is 99.5 Å². The lowest BCUT2D eigenvalue weighted by atomic mass is 10.0. The number of benzene rings is 3. The molecule has 0 saturated heterocycles. The molecule has 7 nitrogen and oxygen atoms in total. The van der Waals surface area contributed by atoms with Gasteiger partial charge in [0, 0.05) is 19.0 Å². The van der Waals surface area contributed by atoms with Crippen LogP contribution in [0.15, 0.2) is 72.8 Å². The molecule has 1 N–H and O–H groups in total. The van der Waals surface area contributed by atoms with Crippen LogP contribution in [0.25, 0.3) is 0 Å². The summed E-state index contributed by atoms with van der Waals surface area (Å²) in [5.74, 6) is -0.860. The number of hydrogen-bond donors (Lipinski definition) is 1. The van der Waals surface area contributed by atoms with Crippen LogP contribution in [0, 0.1) is 6.92 Å². The minimum Gasteiger partial charge on any atom is -0.352 e. The molecule has 3 aromatic rings. The average Bonchev–Trinajstić information content (AvgIpc) is 2.87. The van der Waals surface area contributed by atoms with Crippen LogP contribution in [0.1, 0.15) is 30.5 Å². The fourth-order valence-corrected chi connectivity index (χ4v) is 5.21. The monoisotopic (exact) mass is 589 g/mol. The standard InChI is InChI=1S/C29H33Cl2N3O4S/c1-20(2)32-29(36)27(16-22-8-6-5-7-9-22)33(18-23-12-10-21(3)11-13-23)28(35)19-34(39(4,37)38)24-14-15-25(30)26(31)17-24/h5-15,17,20,27H,16,18-19H2,1-4H3,(H,32,36)/t27-/m0/s1. The van der Waals surface area contributed by atoms with Crippen molar-refractivity contribution in [1.29, 1.82) is 0 Å². The van der Waals surface area contributed by atoms with Gasteiger partial charge in [-0.05, 0) is 50.1 Å². The predicted molar refractivity (Wildman–Crippen MR) is 158 cm³/mol. The molecule has 0 fully saturated rings. The first-order valence-electron chi connectivity index (χ1n) is 12.5. The molecule has 208 valence electrons. The number of halogens is 2. The summed E-state index contributed by atoms with van der Waals surface area (Å²) >= 11 is 12.2. The first-order valence-corrected chi connectivity index (χ1v) is 15.1. The quantitative estimate of drug-likeness (QED) is 0.331. The minimum absolute atomic E-state index is 0.112. The van der Waals surface area contributed by atoms with Crippen molar-refractivity contribution in [2.75, 3.05) is 17.1 Å². The molecule has 0 aliphatic heterocycles. The third kappa shape index (κ3) is 8.71. The first kappa shape index (κ1) is 30.5. The highest BCUT2D eigenvalue weighted by molar-refractivity contribution is 7.92. The number of aryl methyl sites for hydroxylation is 1. The van der Waals surface area contributed by atoms with E-state index < -0.39 is 28.5 Å². The van der Waals surface area contributed by atoms with Gasteiger partial charge >= 0.3 is 0 Å².